The number of nitrogens with one attached hydrogen (secondary N) is 1. The fourth-order valence-corrected chi connectivity index (χ4v) is 1.39. The summed E-state index contributed by atoms with van der Waals surface area (Å²) in [5.74, 6) is 0.122. The molecule has 1 aromatic carbocycles. The molecule has 0 bridgehead atoms. The maximum atomic E-state index is 12.1. The summed E-state index contributed by atoms with van der Waals surface area (Å²) in [7, 11) is 0. The van der Waals surface area contributed by atoms with Gasteiger partial charge in [-0.25, -0.2) is 0 Å². The van der Waals surface area contributed by atoms with Gasteiger partial charge in [0.1, 0.15) is 5.75 Å². The standard InChI is InChI=1S/C13H19F2NO2/c1-3-13(2,9-17)8-16-10-5-4-6-11(7-10)18-12(14)15/h4-7,12,16-17H,3,8-9H2,1-2H3. The van der Waals surface area contributed by atoms with Crippen molar-refractivity contribution in [1.82, 2.24) is 0 Å². The van der Waals surface area contributed by atoms with Crippen molar-refractivity contribution in [3.05, 3.63) is 24.3 Å². The highest BCUT2D eigenvalue weighted by Gasteiger charge is 2.20. The third kappa shape index (κ3) is 4.49. The van der Waals surface area contributed by atoms with E-state index in [0.717, 1.165) is 6.42 Å². The normalized spacial score (nSPS) is 14.3. The molecule has 5 heteroatoms. The molecule has 0 heterocycles. The zero-order valence-electron chi connectivity index (χ0n) is 10.6. The maximum absolute atomic E-state index is 12.1. The molecule has 1 aromatic rings. The van der Waals surface area contributed by atoms with Gasteiger partial charge in [0.15, 0.2) is 0 Å². The fourth-order valence-electron chi connectivity index (χ4n) is 1.39. The topological polar surface area (TPSA) is 41.5 Å². The van der Waals surface area contributed by atoms with Gasteiger partial charge in [-0.2, -0.15) is 8.78 Å². The molecule has 0 aliphatic heterocycles. The van der Waals surface area contributed by atoms with E-state index in [1.165, 1.54) is 12.1 Å². The highest BCUT2D eigenvalue weighted by atomic mass is 19.3. The molecule has 3 nitrogen and oxygen atoms in total. The van der Waals surface area contributed by atoms with Crippen molar-refractivity contribution < 1.29 is 18.6 Å². The Balaban J connectivity index is 2.62. The lowest BCUT2D eigenvalue weighted by Gasteiger charge is -2.26. The van der Waals surface area contributed by atoms with Crippen LogP contribution in [0.2, 0.25) is 0 Å². The third-order valence-electron chi connectivity index (χ3n) is 3.01. The number of hydrogen-bond donors (Lipinski definition) is 2. The zero-order chi connectivity index (χ0) is 13.6. The predicted molar refractivity (Wildman–Crippen MR) is 67.0 cm³/mol. The highest BCUT2D eigenvalue weighted by molar-refractivity contribution is 5.48. The second kappa shape index (κ2) is 6.54. The number of rotatable bonds is 7. The number of aliphatic hydroxyl groups excluding tert-OH is 1. The summed E-state index contributed by atoms with van der Waals surface area (Å²) < 4.78 is 28.4. The van der Waals surface area contributed by atoms with Gasteiger partial charge in [-0.05, 0) is 18.6 Å². The summed E-state index contributed by atoms with van der Waals surface area (Å²) in [4.78, 5) is 0. The number of anilines is 1. The highest BCUT2D eigenvalue weighted by Crippen LogP contribution is 2.23. The molecule has 0 aromatic heterocycles. The fraction of sp³-hybridized carbons (Fsp3) is 0.538. The van der Waals surface area contributed by atoms with Crippen LogP contribution in [0.15, 0.2) is 24.3 Å². The summed E-state index contributed by atoms with van der Waals surface area (Å²) in [6.07, 6.45) is 0.823. The van der Waals surface area contributed by atoms with Gasteiger partial charge in [-0.15, -0.1) is 0 Å². The Hall–Kier alpha value is -1.36. The minimum absolute atomic E-state index is 0.0731. The van der Waals surface area contributed by atoms with Crippen molar-refractivity contribution in [3.8, 4) is 5.75 Å². The summed E-state index contributed by atoms with van der Waals surface area (Å²) in [6, 6.07) is 6.40. The van der Waals surface area contributed by atoms with Gasteiger partial charge in [0.25, 0.3) is 0 Å². The Bertz CT molecular complexity index is 368. The van der Waals surface area contributed by atoms with Crippen molar-refractivity contribution >= 4 is 5.69 Å². The summed E-state index contributed by atoms with van der Waals surface area (Å²) in [6.45, 7) is 1.77. The molecule has 1 atom stereocenters. The van der Waals surface area contributed by atoms with E-state index in [-0.39, 0.29) is 17.8 Å². The first-order valence-electron chi connectivity index (χ1n) is 5.89. The van der Waals surface area contributed by atoms with E-state index in [1.807, 2.05) is 13.8 Å². The van der Waals surface area contributed by atoms with E-state index >= 15 is 0 Å². The van der Waals surface area contributed by atoms with Gasteiger partial charge < -0.3 is 15.2 Å². The Morgan fingerprint density at radius 3 is 2.72 bits per heavy atom. The van der Waals surface area contributed by atoms with Crippen LogP contribution in [0.25, 0.3) is 0 Å². The molecule has 1 rings (SSSR count). The first kappa shape index (κ1) is 14.7. The quantitative estimate of drug-likeness (QED) is 0.790. The van der Waals surface area contributed by atoms with E-state index in [4.69, 9.17) is 0 Å². The first-order chi connectivity index (χ1) is 8.49. The Morgan fingerprint density at radius 2 is 2.17 bits per heavy atom. The molecule has 0 radical (unpaired) electrons. The molecule has 1 unspecified atom stereocenters. The lowest BCUT2D eigenvalue weighted by atomic mass is 9.88. The minimum atomic E-state index is -2.82. The molecule has 0 saturated heterocycles. The number of ether oxygens (including phenoxy) is 1. The van der Waals surface area contributed by atoms with Crippen LogP contribution < -0.4 is 10.1 Å². The van der Waals surface area contributed by atoms with E-state index in [9.17, 15) is 13.9 Å². The number of halogens is 2. The average Bonchev–Trinajstić information content (AvgIpc) is 2.36. The average molecular weight is 259 g/mol. The minimum Gasteiger partial charge on any atom is -0.435 e. The van der Waals surface area contributed by atoms with Crippen LogP contribution in [0.1, 0.15) is 20.3 Å². The Kier molecular flexibility index (Phi) is 5.34. The summed E-state index contributed by atoms with van der Waals surface area (Å²) >= 11 is 0. The molecule has 0 saturated carbocycles. The number of aliphatic hydroxyl groups is 1. The largest absolute Gasteiger partial charge is 0.435 e. The van der Waals surface area contributed by atoms with Crippen LogP contribution >= 0.6 is 0 Å². The van der Waals surface area contributed by atoms with Crippen molar-refractivity contribution in [3.63, 3.8) is 0 Å². The molecular formula is C13H19F2NO2. The zero-order valence-corrected chi connectivity index (χ0v) is 10.6. The monoisotopic (exact) mass is 259 g/mol. The molecule has 0 aliphatic rings. The molecule has 102 valence electrons. The third-order valence-corrected chi connectivity index (χ3v) is 3.01. The van der Waals surface area contributed by atoms with Crippen LogP contribution in [0.4, 0.5) is 14.5 Å². The maximum Gasteiger partial charge on any atom is 0.387 e. The second-order valence-electron chi connectivity index (χ2n) is 4.58. The molecule has 2 N–H and O–H groups in total. The Labute approximate surface area is 106 Å². The molecule has 0 fully saturated rings. The van der Waals surface area contributed by atoms with Crippen LogP contribution in [-0.2, 0) is 0 Å². The number of alkyl halides is 2. The number of benzene rings is 1. The van der Waals surface area contributed by atoms with Crippen molar-refractivity contribution in [2.24, 2.45) is 5.41 Å². The Morgan fingerprint density at radius 1 is 1.44 bits per heavy atom. The van der Waals surface area contributed by atoms with E-state index in [1.54, 1.807) is 12.1 Å². The van der Waals surface area contributed by atoms with Gasteiger partial charge >= 0.3 is 6.61 Å². The van der Waals surface area contributed by atoms with E-state index < -0.39 is 6.61 Å². The molecule has 0 amide bonds. The first-order valence-corrected chi connectivity index (χ1v) is 5.89. The van der Waals surface area contributed by atoms with Crippen molar-refractivity contribution in [2.75, 3.05) is 18.5 Å². The van der Waals surface area contributed by atoms with Gasteiger partial charge in [0, 0.05) is 23.7 Å². The van der Waals surface area contributed by atoms with Gasteiger partial charge in [0.2, 0.25) is 0 Å². The van der Waals surface area contributed by atoms with Gasteiger partial charge in [0.05, 0.1) is 6.61 Å². The van der Waals surface area contributed by atoms with Crippen molar-refractivity contribution in [1.29, 1.82) is 0 Å². The lowest BCUT2D eigenvalue weighted by Crippen LogP contribution is -2.29. The second-order valence-corrected chi connectivity index (χ2v) is 4.58. The number of hydrogen-bond acceptors (Lipinski definition) is 3. The van der Waals surface area contributed by atoms with Crippen LogP contribution in [-0.4, -0.2) is 24.9 Å². The predicted octanol–water partition coefficient (Wildman–Crippen LogP) is 3.11. The van der Waals surface area contributed by atoms with E-state index in [2.05, 4.69) is 10.1 Å². The van der Waals surface area contributed by atoms with E-state index in [0.29, 0.717) is 12.2 Å². The van der Waals surface area contributed by atoms with Crippen LogP contribution in [0, 0.1) is 5.41 Å². The summed E-state index contributed by atoms with van der Waals surface area (Å²) in [5.41, 5.74) is 0.473. The molecular weight excluding hydrogens is 240 g/mol. The van der Waals surface area contributed by atoms with Gasteiger partial charge in [-0.1, -0.05) is 19.9 Å². The van der Waals surface area contributed by atoms with Crippen LogP contribution in [0.5, 0.6) is 5.75 Å². The molecule has 0 aliphatic carbocycles. The molecule has 0 spiro atoms. The summed E-state index contributed by atoms with van der Waals surface area (Å²) in [5, 5.41) is 12.4. The lowest BCUT2D eigenvalue weighted by molar-refractivity contribution is -0.0498. The van der Waals surface area contributed by atoms with Crippen molar-refractivity contribution in [2.45, 2.75) is 26.9 Å². The SMILES string of the molecule is CCC(C)(CO)CNc1cccc(OC(F)F)c1. The molecule has 18 heavy (non-hydrogen) atoms. The van der Waals surface area contributed by atoms with Crippen LogP contribution in [0.3, 0.4) is 0 Å². The smallest absolute Gasteiger partial charge is 0.387 e. The van der Waals surface area contributed by atoms with Gasteiger partial charge in [-0.3, -0.25) is 0 Å².